The van der Waals surface area contributed by atoms with Gasteiger partial charge in [0.25, 0.3) is 5.56 Å². The van der Waals surface area contributed by atoms with Gasteiger partial charge in [-0.05, 0) is 30.2 Å². The molecule has 2 aromatic carbocycles. The first kappa shape index (κ1) is 27.9. The monoisotopic (exact) mass is 524 g/mol. The molecule has 0 atom stereocenters. The molecule has 1 aromatic heterocycles. The van der Waals surface area contributed by atoms with Crippen molar-refractivity contribution in [2.75, 3.05) is 32.7 Å². The fourth-order valence-corrected chi connectivity index (χ4v) is 4.25. The highest BCUT2D eigenvalue weighted by Gasteiger charge is 2.36. The highest BCUT2D eigenvalue weighted by atomic mass is 35.5. The molecule has 0 aliphatic rings. The van der Waals surface area contributed by atoms with Crippen molar-refractivity contribution in [1.82, 2.24) is 9.97 Å². The average molecular weight is 525 g/mol. The van der Waals surface area contributed by atoms with Crippen LogP contribution in [0.25, 0.3) is 22.0 Å². The molecule has 4 N–H and O–H groups in total. The van der Waals surface area contributed by atoms with E-state index in [9.17, 15) is 27.2 Å². The summed E-state index contributed by atoms with van der Waals surface area (Å²) in [6, 6.07) is 3.77. The van der Waals surface area contributed by atoms with Crippen LogP contribution in [0.2, 0.25) is 5.02 Å². The van der Waals surface area contributed by atoms with Gasteiger partial charge in [0.05, 0.1) is 34.7 Å². The molecule has 186 valence electrons. The minimum atomic E-state index is -4.85. The summed E-state index contributed by atoms with van der Waals surface area (Å²) in [5, 5.41) is 16.2. The Labute approximate surface area is 199 Å². The van der Waals surface area contributed by atoms with E-state index >= 15 is 0 Å². The number of hydrogen-bond acceptors (Lipinski definition) is 6. The van der Waals surface area contributed by atoms with E-state index in [1.807, 2.05) is 4.98 Å². The molecule has 0 bridgehead atoms. The third-order valence-corrected chi connectivity index (χ3v) is 5.83. The van der Waals surface area contributed by atoms with E-state index in [2.05, 4.69) is 9.72 Å². The van der Waals surface area contributed by atoms with Gasteiger partial charge in [-0.3, -0.25) is 9.78 Å². The molecule has 0 amide bonds. The number of rotatable bonds is 7. The summed E-state index contributed by atoms with van der Waals surface area (Å²) in [6.45, 7) is 0.370. The number of ether oxygens (including phenoxy) is 1. The van der Waals surface area contributed by atoms with Crippen molar-refractivity contribution in [3.63, 3.8) is 0 Å². The third kappa shape index (κ3) is 6.83. The number of aromatic nitrogens is 2. The molecule has 0 radical (unpaired) electrons. The fraction of sp³-hybridized carbons (Fsp3) is 0.333. The summed E-state index contributed by atoms with van der Waals surface area (Å²) >= 11 is 6.70. The molecule has 0 unspecified atom stereocenters. The summed E-state index contributed by atoms with van der Waals surface area (Å²) in [5.74, 6) is -0.590. The lowest BCUT2D eigenvalue weighted by Gasteiger charge is -2.19. The maximum Gasteiger partial charge on any atom is 0.417 e. The van der Waals surface area contributed by atoms with Crippen molar-refractivity contribution in [2.24, 2.45) is 0 Å². The Morgan fingerprint density at radius 3 is 2.35 bits per heavy atom. The number of benzene rings is 2. The maximum atomic E-state index is 13.9. The zero-order valence-electron chi connectivity index (χ0n) is 17.8. The summed E-state index contributed by atoms with van der Waals surface area (Å²) in [4.78, 5) is 28.2. The smallest absolute Gasteiger partial charge is 0.396 e. The van der Waals surface area contributed by atoms with Gasteiger partial charge in [0.2, 0.25) is 0 Å². The zero-order chi connectivity index (χ0) is 25.5. The molecule has 3 rings (SSSR count). The first-order valence-electron chi connectivity index (χ1n) is 9.74. The number of nitrogens with one attached hydrogen (secondary N) is 2. The lowest BCUT2D eigenvalue weighted by Crippen LogP contribution is -2.23. The number of halogens is 5. The lowest BCUT2D eigenvalue weighted by atomic mass is 9.97. The third-order valence-electron chi connectivity index (χ3n) is 4.35. The molecule has 0 saturated carbocycles. The number of hydrogen-bond donors (Lipinski definition) is 4. The molecule has 0 fully saturated rings. The second-order valence-electron chi connectivity index (χ2n) is 6.73. The fourth-order valence-electron chi connectivity index (χ4n) is 2.91. The standard InChI is InChI=1S/C18H13ClF4N2O3S.C3H8O2/c19-11-6-8(2-3-12(11)20)13-10(18(21,22)23)7-9-14(15(13)29-5-1-4-26)24-17(28)25-16(9)27;1-5-3-2-4/h2-3,6-7,26H,1,4-5H2,(H2,24,25,27,28);4H,2-3H2,1H3. The van der Waals surface area contributed by atoms with Crippen LogP contribution >= 0.6 is 23.4 Å². The van der Waals surface area contributed by atoms with E-state index < -0.39 is 28.8 Å². The minimum absolute atomic E-state index is 0.0193. The van der Waals surface area contributed by atoms with Crippen LogP contribution in [0, 0.1) is 5.82 Å². The van der Waals surface area contributed by atoms with Crippen LogP contribution in [0.3, 0.4) is 0 Å². The largest absolute Gasteiger partial charge is 0.417 e. The first-order chi connectivity index (χ1) is 16.0. The van der Waals surface area contributed by atoms with Crippen molar-refractivity contribution in [3.05, 3.63) is 61.5 Å². The SMILES string of the molecule is COCCO.O=c1[nH]c(=O)c2cc(C(F)(F)F)c(-c3ccc(F)c(Cl)c3)c(SCCCO)c2[nH]1. The number of thioether (sulfide) groups is 1. The van der Waals surface area contributed by atoms with Crippen molar-refractivity contribution in [2.45, 2.75) is 17.5 Å². The van der Waals surface area contributed by atoms with E-state index in [1.165, 1.54) is 0 Å². The Morgan fingerprint density at radius 2 is 1.82 bits per heavy atom. The minimum Gasteiger partial charge on any atom is -0.396 e. The van der Waals surface area contributed by atoms with Gasteiger partial charge >= 0.3 is 11.9 Å². The topological polar surface area (TPSA) is 115 Å². The van der Waals surface area contributed by atoms with Gasteiger partial charge in [0, 0.05) is 29.9 Å². The maximum absolute atomic E-state index is 13.9. The average Bonchev–Trinajstić information content (AvgIpc) is 2.76. The molecular formula is C21H21ClF4N2O5S. The van der Waals surface area contributed by atoms with Crippen molar-refractivity contribution < 1.29 is 32.5 Å². The van der Waals surface area contributed by atoms with Crippen molar-refractivity contribution >= 4 is 34.3 Å². The van der Waals surface area contributed by atoms with Gasteiger partial charge in [-0.15, -0.1) is 11.8 Å². The highest BCUT2D eigenvalue weighted by molar-refractivity contribution is 7.99. The normalized spacial score (nSPS) is 11.4. The molecule has 34 heavy (non-hydrogen) atoms. The second kappa shape index (κ2) is 12.4. The first-order valence-corrected chi connectivity index (χ1v) is 11.1. The molecule has 3 aromatic rings. The number of alkyl halides is 3. The predicted molar refractivity (Wildman–Crippen MR) is 122 cm³/mol. The molecule has 0 aliphatic carbocycles. The van der Waals surface area contributed by atoms with Crippen LogP contribution in [-0.2, 0) is 10.9 Å². The van der Waals surface area contributed by atoms with E-state index in [4.69, 9.17) is 21.8 Å². The van der Waals surface area contributed by atoms with Gasteiger partial charge in [0.1, 0.15) is 5.82 Å². The highest BCUT2D eigenvalue weighted by Crippen LogP contribution is 2.45. The Bertz CT molecular complexity index is 1240. The number of methoxy groups -OCH3 is 1. The van der Waals surface area contributed by atoms with Crippen LogP contribution in [0.5, 0.6) is 0 Å². The van der Waals surface area contributed by atoms with Crippen LogP contribution in [0.1, 0.15) is 12.0 Å². The molecule has 0 saturated heterocycles. The van der Waals surface area contributed by atoms with E-state index in [1.54, 1.807) is 7.11 Å². The van der Waals surface area contributed by atoms with Gasteiger partial charge < -0.3 is 19.9 Å². The molecule has 13 heteroatoms. The zero-order valence-corrected chi connectivity index (χ0v) is 19.3. The van der Waals surface area contributed by atoms with Crippen LogP contribution < -0.4 is 11.2 Å². The number of H-pyrrole nitrogens is 2. The van der Waals surface area contributed by atoms with Gasteiger partial charge in [-0.25, -0.2) is 9.18 Å². The molecular weight excluding hydrogens is 504 g/mol. The Morgan fingerprint density at radius 1 is 1.12 bits per heavy atom. The Balaban J connectivity index is 0.000000739. The van der Waals surface area contributed by atoms with Crippen LogP contribution in [0.4, 0.5) is 17.6 Å². The molecule has 0 aliphatic heterocycles. The van der Waals surface area contributed by atoms with E-state index in [0.29, 0.717) is 12.7 Å². The number of aliphatic hydroxyl groups is 2. The number of aromatic amines is 2. The summed E-state index contributed by atoms with van der Waals surface area (Å²) in [5.41, 5.74) is -3.42. The van der Waals surface area contributed by atoms with E-state index in [0.717, 1.165) is 30.0 Å². The van der Waals surface area contributed by atoms with Gasteiger partial charge in [0.15, 0.2) is 0 Å². The number of aliphatic hydroxyl groups excluding tert-OH is 2. The second-order valence-corrected chi connectivity index (χ2v) is 8.24. The lowest BCUT2D eigenvalue weighted by molar-refractivity contribution is -0.137. The quantitative estimate of drug-likeness (QED) is 0.212. The predicted octanol–water partition coefficient (Wildman–Crippen LogP) is 3.79. The van der Waals surface area contributed by atoms with Crippen molar-refractivity contribution in [3.8, 4) is 11.1 Å². The van der Waals surface area contributed by atoms with Gasteiger partial charge in [-0.1, -0.05) is 17.7 Å². The van der Waals surface area contributed by atoms with Crippen LogP contribution in [0.15, 0.2) is 38.8 Å². The Hall–Kier alpha value is -2.38. The van der Waals surface area contributed by atoms with Crippen molar-refractivity contribution in [1.29, 1.82) is 0 Å². The Kier molecular flexibility index (Phi) is 10.1. The molecule has 1 heterocycles. The number of fused-ring (bicyclic) bond motifs is 1. The summed E-state index contributed by atoms with van der Waals surface area (Å²) in [6.07, 6.45) is -4.58. The summed E-state index contributed by atoms with van der Waals surface area (Å²) in [7, 11) is 1.55. The molecule has 0 spiro atoms. The summed E-state index contributed by atoms with van der Waals surface area (Å²) < 4.78 is 59.7. The van der Waals surface area contributed by atoms with E-state index in [-0.39, 0.29) is 57.3 Å². The molecule has 7 nitrogen and oxygen atoms in total. The van der Waals surface area contributed by atoms with Crippen LogP contribution in [-0.4, -0.2) is 52.9 Å². The van der Waals surface area contributed by atoms with Gasteiger partial charge in [-0.2, -0.15) is 13.2 Å².